The summed E-state index contributed by atoms with van der Waals surface area (Å²) in [5, 5.41) is 0. The van der Waals surface area contributed by atoms with Gasteiger partial charge in [0.25, 0.3) is 0 Å². The van der Waals surface area contributed by atoms with Crippen molar-refractivity contribution in [2.75, 3.05) is 4.90 Å². The smallest absolute Gasteiger partial charge is 0.226 e. The zero-order valence-corrected chi connectivity index (χ0v) is 33.6. The molecule has 0 aliphatic carbocycles. The van der Waals surface area contributed by atoms with Crippen LogP contribution in [0.5, 0.6) is 0 Å². The van der Waals surface area contributed by atoms with E-state index >= 15 is 17.6 Å². The van der Waals surface area contributed by atoms with Gasteiger partial charge in [0.15, 0.2) is 0 Å². The minimum absolute atomic E-state index is 0.0173. The fraction of sp³-hybridized carbons (Fsp3) is 0.649. The van der Waals surface area contributed by atoms with Crippen LogP contribution in [-0.2, 0) is 0 Å². The van der Waals surface area contributed by atoms with Crippen LogP contribution >= 0.6 is 0 Å². The Balaban J connectivity index is 2.33. The lowest BCUT2D eigenvalue weighted by atomic mass is 9.87. The first-order valence-electron chi connectivity index (χ1n) is 18.1. The molecule has 65 heavy (non-hydrogen) atoms. The molecule has 0 unspecified atom stereocenters. The average Bonchev–Trinajstić information content (AvgIpc) is 3.44. The van der Waals surface area contributed by atoms with Crippen molar-refractivity contribution in [3.8, 4) is 0 Å². The molecule has 2 aromatic rings. The molecule has 28 heteroatoms. The summed E-state index contributed by atoms with van der Waals surface area (Å²) < 4.78 is 366. The van der Waals surface area contributed by atoms with Gasteiger partial charge < -0.3 is 0 Å². The molecule has 0 radical (unpaired) electrons. The Morgan fingerprint density at radius 1 is 0.400 bits per heavy atom. The molecular weight excluding hydrogens is 966 g/mol. The van der Waals surface area contributed by atoms with E-state index in [0.29, 0.717) is 20.6 Å². The second kappa shape index (κ2) is 16.4. The number of hydrogen-bond acceptors (Lipinski definition) is 1. The maximum atomic E-state index is 15.3. The molecule has 1 aliphatic rings. The topological polar surface area (TPSA) is 6.25 Å². The quantitative estimate of drug-likeness (QED) is 0.120. The van der Waals surface area contributed by atoms with E-state index in [2.05, 4.69) is 0 Å². The van der Waals surface area contributed by atoms with Gasteiger partial charge in [-0.3, -0.25) is 0 Å². The summed E-state index contributed by atoms with van der Waals surface area (Å²) in [5.74, 6) is -78.9. The molecular formula is C37H33F26N2+. The van der Waals surface area contributed by atoms with Crippen molar-refractivity contribution >= 4 is 17.7 Å². The lowest BCUT2D eigenvalue weighted by Crippen LogP contribution is -2.70. The Labute approximate surface area is 350 Å². The molecule has 0 amide bonds. The molecule has 372 valence electrons. The number of aryl methyl sites for hydroxylation is 6. The van der Waals surface area contributed by atoms with Gasteiger partial charge in [0, 0.05) is 12.8 Å². The van der Waals surface area contributed by atoms with E-state index in [9.17, 15) is 96.6 Å². The summed E-state index contributed by atoms with van der Waals surface area (Å²) >= 11 is 0. The number of hydrogen-bond donors (Lipinski definition) is 0. The Kier molecular flexibility index (Phi) is 14.0. The molecule has 0 saturated carbocycles. The number of alkyl halides is 26. The van der Waals surface area contributed by atoms with Crippen LogP contribution < -0.4 is 4.90 Å². The predicted octanol–water partition coefficient (Wildman–Crippen LogP) is 14.5. The molecule has 0 fully saturated rings. The highest BCUT2D eigenvalue weighted by Gasteiger charge is 2.92. The first-order chi connectivity index (χ1) is 28.6. The van der Waals surface area contributed by atoms with Crippen molar-refractivity contribution in [2.24, 2.45) is 0 Å². The lowest BCUT2D eigenvalue weighted by molar-refractivity contribution is -0.479. The molecule has 2 aromatic carbocycles. The van der Waals surface area contributed by atoms with E-state index in [-0.39, 0.29) is 33.6 Å². The van der Waals surface area contributed by atoms with Gasteiger partial charge >= 0.3 is 71.6 Å². The molecule has 1 aliphatic heterocycles. The first-order valence-corrected chi connectivity index (χ1v) is 18.1. The maximum absolute atomic E-state index is 15.3. The summed E-state index contributed by atoms with van der Waals surface area (Å²) in [4.78, 5) is 0.662. The van der Waals surface area contributed by atoms with Crippen LogP contribution in [0.25, 0.3) is 0 Å². The van der Waals surface area contributed by atoms with Gasteiger partial charge in [-0.25, -0.2) is 9.48 Å². The fourth-order valence-corrected chi connectivity index (χ4v) is 7.52. The highest BCUT2D eigenvalue weighted by atomic mass is 19.4. The number of anilines is 1. The van der Waals surface area contributed by atoms with Gasteiger partial charge in [0.2, 0.25) is 6.34 Å². The Hall–Kier alpha value is -3.91. The summed E-state index contributed by atoms with van der Waals surface area (Å²) in [5.41, 5.74) is 0.298. The van der Waals surface area contributed by atoms with Crippen molar-refractivity contribution < 1.29 is 119 Å². The van der Waals surface area contributed by atoms with Gasteiger partial charge in [-0.1, -0.05) is 35.4 Å². The monoisotopic (exact) mass is 999 g/mol. The minimum atomic E-state index is -8.34. The van der Waals surface area contributed by atoms with Gasteiger partial charge in [-0.15, -0.1) is 0 Å². The van der Waals surface area contributed by atoms with Gasteiger partial charge in [0.05, 0.1) is 0 Å². The van der Waals surface area contributed by atoms with Crippen LogP contribution in [0.1, 0.15) is 59.1 Å². The molecule has 0 N–H and O–H groups in total. The normalized spacial score (nSPS) is 18.5. The third kappa shape index (κ3) is 8.54. The molecule has 0 bridgehead atoms. The largest absolute Gasteiger partial charge is 0.460 e. The van der Waals surface area contributed by atoms with E-state index in [1.165, 1.54) is 65.8 Å². The average molecular weight is 1000 g/mol. The summed E-state index contributed by atoms with van der Waals surface area (Å²) in [6.07, 6.45) is -24.9. The molecule has 2 nitrogen and oxygen atoms in total. The minimum Gasteiger partial charge on any atom is -0.226 e. The molecule has 1 heterocycles. The highest BCUT2D eigenvalue weighted by Crippen LogP contribution is 2.63. The lowest BCUT2D eigenvalue weighted by Gasteiger charge is -2.40. The van der Waals surface area contributed by atoms with Gasteiger partial charge in [-0.05, 0) is 76.6 Å². The summed E-state index contributed by atoms with van der Waals surface area (Å²) in [6, 6.07) is 0.230. The Morgan fingerprint density at radius 3 is 1.02 bits per heavy atom. The second-order valence-electron chi connectivity index (χ2n) is 15.6. The van der Waals surface area contributed by atoms with E-state index in [0.717, 1.165) is 6.34 Å². The van der Waals surface area contributed by atoms with Crippen molar-refractivity contribution in [1.29, 1.82) is 0 Å². The standard InChI is InChI=1S/C37H33F26N2/c1-16-11-18(3)24(19(4)12-16)64-15-65(25-20(5)13-17(2)14-21(25)6)23(8-10-27(40,41)29(44,45)31(48,49)33(52,53)35(56,57)37(61,62)63)22(64)7-9-26(38,39)28(42,43)30(46,47)32(50,51)34(54,55)36(58,59)60/h11-15,22-23H,7-10H2,1-6H3/q+1/t22-,23-/m0/s1. The number of rotatable bonds is 16. The van der Waals surface area contributed by atoms with Crippen LogP contribution in [0.15, 0.2) is 24.3 Å². The van der Waals surface area contributed by atoms with E-state index in [4.69, 9.17) is 0 Å². The number of halogens is 26. The van der Waals surface area contributed by atoms with Crippen molar-refractivity contribution in [1.82, 2.24) is 0 Å². The Bertz CT molecular complexity index is 2070. The zero-order chi connectivity index (χ0) is 51.3. The third-order valence-corrected chi connectivity index (χ3v) is 10.7. The Morgan fingerprint density at radius 2 is 0.692 bits per heavy atom. The van der Waals surface area contributed by atoms with E-state index < -0.39 is 109 Å². The van der Waals surface area contributed by atoms with E-state index in [1.54, 1.807) is 0 Å². The molecule has 2 atom stereocenters. The number of benzene rings is 2. The highest BCUT2D eigenvalue weighted by molar-refractivity contribution is 5.83. The molecule has 0 aromatic heterocycles. The molecule has 3 rings (SSSR count). The van der Waals surface area contributed by atoms with Crippen LogP contribution in [0.2, 0.25) is 0 Å². The third-order valence-electron chi connectivity index (χ3n) is 10.7. The molecule has 0 saturated heterocycles. The van der Waals surface area contributed by atoms with Crippen molar-refractivity contribution in [2.45, 2.75) is 151 Å². The number of nitrogens with zero attached hydrogens (tertiary/aromatic N) is 2. The predicted molar refractivity (Wildman–Crippen MR) is 177 cm³/mol. The molecule has 0 spiro atoms. The van der Waals surface area contributed by atoms with Crippen LogP contribution in [0.3, 0.4) is 0 Å². The van der Waals surface area contributed by atoms with Crippen LogP contribution in [0.4, 0.5) is 126 Å². The summed E-state index contributed by atoms with van der Waals surface area (Å²) in [6.45, 7) is 7.77. The van der Waals surface area contributed by atoms with Gasteiger partial charge in [-0.2, -0.15) is 114 Å². The van der Waals surface area contributed by atoms with Gasteiger partial charge in [0.1, 0.15) is 23.5 Å². The van der Waals surface area contributed by atoms with Crippen molar-refractivity contribution in [3.05, 3.63) is 57.6 Å². The maximum Gasteiger partial charge on any atom is 0.460 e. The second-order valence-corrected chi connectivity index (χ2v) is 15.6. The first kappa shape index (κ1) is 55.4. The fourth-order valence-electron chi connectivity index (χ4n) is 7.52. The van der Waals surface area contributed by atoms with E-state index in [1.807, 2.05) is 0 Å². The zero-order valence-electron chi connectivity index (χ0n) is 33.6. The SMILES string of the molecule is Cc1cc(C)c(N2C=[N+](c3c(C)cc(C)cc3C)[C@@H](CCC(F)(F)C(F)(F)C(F)(F)C(F)(F)C(F)(F)C(F)(F)F)[C@@H]2CCC(F)(F)C(F)(F)C(F)(F)C(F)(F)C(F)(F)C(F)(F)F)c(C)c1. The van der Waals surface area contributed by atoms with Crippen LogP contribution in [-0.4, -0.2) is 94.6 Å². The van der Waals surface area contributed by atoms with Crippen molar-refractivity contribution in [3.63, 3.8) is 0 Å². The summed E-state index contributed by atoms with van der Waals surface area (Å²) in [7, 11) is 0. The van der Waals surface area contributed by atoms with Crippen LogP contribution in [0, 0.1) is 41.5 Å².